The summed E-state index contributed by atoms with van der Waals surface area (Å²) in [5, 5.41) is 2.84. The predicted octanol–water partition coefficient (Wildman–Crippen LogP) is 5.29. The number of halogens is 1. The number of rotatable bonds is 5. The maximum absolute atomic E-state index is 12.4. The number of pyridine rings is 1. The summed E-state index contributed by atoms with van der Waals surface area (Å²) in [5.41, 5.74) is 4.63. The standard InChI is InChI=1S/C22H18BrN3O3/c1-13-9-14(2)20(17(23)10-13)28-12-19(27)25-16-6-3-5-15(11-16)22-26-21-18(29-22)7-4-8-24-21/h3-11H,12H2,1-2H3,(H,25,27). The molecule has 2 aromatic carbocycles. The fourth-order valence-electron chi connectivity index (χ4n) is 3.04. The second kappa shape index (κ2) is 8.05. The number of benzene rings is 2. The largest absolute Gasteiger partial charge is 0.482 e. The van der Waals surface area contributed by atoms with Gasteiger partial charge in [0.2, 0.25) is 5.89 Å². The first-order valence-corrected chi connectivity index (χ1v) is 9.80. The van der Waals surface area contributed by atoms with Crippen molar-refractivity contribution in [2.24, 2.45) is 0 Å². The van der Waals surface area contributed by atoms with E-state index < -0.39 is 0 Å². The van der Waals surface area contributed by atoms with Crippen LogP contribution in [0.1, 0.15) is 11.1 Å². The van der Waals surface area contributed by atoms with Gasteiger partial charge in [0.05, 0.1) is 4.47 Å². The lowest BCUT2D eigenvalue weighted by Crippen LogP contribution is -2.20. The van der Waals surface area contributed by atoms with Crippen molar-refractivity contribution in [2.45, 2.75) is 13.8 Å². The lowest BCUT2D eigenvalue weighted by molar-refractivity contribution is -0.118. The van der Waals surface area contributed by atoms with Crippen molar-refractivity contribution in [3.05, 3.63) is 70.3 Å². The van der Waals surface area contributed by atoms with Gasteiger partial charge in [0.25, 0.3) is 5.91 Å². The van der Waals surface area contributed by atoms with Crippen LogP contribution >= 0.6 is 15.9 Å². The van der Waals surface area contributed by atoms with Crippen LogP contribution < -0.4 is 10.1 Å². The Morgan fingerprint density at radius 1 is 1.17 bits per heavy atom. The van der Waals surface area contributed by atoms with Crippen molar-refractivity contribution in [1.82, 2.24) is 9.97 Å². The fourth-order valence-corrected chi connectivity index (χ4v) is 3.83. The highest BCUT2D eigenvalue weighted by Crippen LogP contribution is 2.30. The Kier molecular flexibility index (Phi) is 5.31. The summed E-state index contributed by atoms with van der Waals surface area (Å²) in [6.45, 7) is 3.86. The summed E-state index contributed by atoms with van der Waals surface area (Å²) in [5.74, 6) is 0.858. The van der Waals surface area contributed by atoms with Crippen LogP contribution in [-0.2, 0) is 4.79 Å². The second-order valence-corrected chi connectivity index (χ2v) is 7.51. The van der Waals surface area contributed by atoms with Gasteiger partial charge in [0.15, 0.2) is 17.8 Å². The number of fused-ring (bicyclic) bond motifs is 1. The predicted molar refractivity (Wildman–Crippen MR) is 115 cm³/mol. The molecule has 7 heteroatoms. The van der Waals surface area contributed by atoms with Crippen molar-refractivity contribution in [3.63, 3.8) is 0 Å². The molecule has 0 aliphatic carbocycles. The summed E-state index contributed by atoms with van der Waals surface area (Å²) in [6, 6.07) is 14.9. The maximum atomic E-state index is 12.4. The minimum absolute atomic E-state index is 0.0977. The summed E-state index contributed by atoms with van der Waals surface area (Å²) >= 11 is 3.49. The molecule has 29 heavy (non-hydrogen) atoms. The number of ether oxygens (including phenoxy) is 1. The SMILES string of the molecule is Cc1cc(C)c(OCC(=O)Nc2cccc(-c3nc4ncccc4o3)c2)c(Br)c1. The molecule has 0 saturated heterocycles. The Bertz CT molecular complexity index is 1150. The average Bonchev–Trinajstić information content (AvgIpc) is 3.11. The van der Waals surface area contributed by atoms with Gasteiger partial charge in [0, 0.05) is 17.4 Å². The first-order chi connectivity index (χ1) is 14.0. The Morgan fingerprint density at radius 3 is 2.83 bits per heavy atom. The van der Waals surface area contributed by atoms with Gasteiger partial charge in [-0.2, -0.15) is 4.98 Å². The molecular weight excluding hydrogens is 434 g/mol. The van der Waals surface area contributed by atoms with Crippen molar-refractivity contribution in [1.29, 1.82) is 0 Å². The molecule has 0 fully saturated rings. The van der Waals surface area contributed by atoms with E-state index in [1.54, 1.807) is 24.4 Å². The zero-order chi connectivity index (χ0) is 20.4. The lowest BCUT2D eigenvalue weighted by atomic mass is 10.1. The molecule has 0 unspecified atom stereocenters. The summed E-state index contributed by atoms with van der Waals surface area (Å²) in [6.07, 6.45) is 1.67. The normalized spacial score (nSPS) is 10.9. The molecule has 1 amide bonds. The number of hydrogen-bond donors (Lipinski definition) is 1. The third-order valence-electron chi connectivity index (χ3n) is 4.28. The van der Waals surface area contributed by atoms with Gasteiger partial charge >= 0.3 is 0 Å². The highest BCUT2D eigenvalue weighted by Gasteiger charge is 2.12. The van der Waals surface area contributed by atoms with E-state index in [4.69, 9.17) is 9.15 Å². The van der Waals surface area contributed by atoms with E-state index in [0.717, 1.165) is 21.2 Å². The zero-order valence-electron chi connectivity index (χ0n) is 15.9. The number of aromatic nitrogens is 2. The van der Waals surface area contributed by atoms with Crippen LogP contribution in [-0.4, -0.2) is 22.5 Å². The van der Waals surface area contributed by atoms with Gasteiger partial charge in [-0.3, -0.25) is 4.79 Å². The molecule has 0 aliphatic rings. The Hall–Kier alpha value is -3.19. The van der Waals surface area contributed by atoms with Crippen LogP contribution in [0.3, 0.4) is 0 Å². The monoisotopic (exact) mass is 451 g/mol. The van der Waals surface area contributed by atoms with Gasteiger partial charge in [-0.15, -0.1) is 0 Å². The number of aryl methyl sites for hydroxylation is 2. The Balaban J connectivity index is 1.46. The number of nitrogens with one attached hydrogen (secondary N) is 1. The third kappa shape index (κ3) is 4.30. The molecule has 4 rings (SSSR count). The highest BCUT2D eigenvalue weighted by atomic mass is 79.9. The molecule has 0 bridgehead atoms. The first-order valence-electron chi connectivity index (χ1n) is 9.01. The van der Waals surface area contributed by atoms with Gasteiger partial charge in [-0.25, -0.2) is 4.98 Å². The maximum Gasteiger partial charge on any atom is 0.262 e. The first kappa shape index (κ1) is 19.1. The molecule has 0 spiro atoms. The number of amides is 1. The van der Waals surface area contributed by atoms with Gasteiger partial charge in [-0.1, -0.05) is 12.1 Å². The van der Waals surface area contributed by atoms with E-state index in [0.29, 0.717) is 28.6 Å². The van der Waals surface area contributed by atoms with Crippen LogP contribution in [0.2, 0.25) is 0 Å². The van der Waals surface area contributed by atoms with Crippen molar-refractivity contribution in [2.75, 3.05) is 11.9 Å². The molecule has 0 atom stereocenters. The van der Waals surface area contributed by atoms with Gasteiger partial charge in [0.1, 0.15) is 5.75 Å². The number of carbonyl (C=O) groups is 1. The molecule has 0 saturated carbocycles. The van der Waals surface area contributed by atoms with Crippen LogP contribution in [0.25, 0.3) is 22.7 Å². The highest BCUT2D eigenvalue weighted by molar-refractivity contribution is 9.10. The van der Waals surface area contributed by atoms with Crippen LogP contribution in [0.15, 0.2) is 63.6 Å². The number of anilines is 1. The molecule has 4 aromatic rings. The summed E-state index contributed by atoms with van der Waals surface area (Å²) in [7, 11) is 0. The van der Waals surface area contributed by atoms with E-state index in [9.17, 15) is 4.79 Å². The summed E-state index contributed by atoms with van der Waals surface area (Å²) < 4.78 is 12.3. The van der Waals surface area contributed by atoms with Gasteiger partial charge < -0.3 is 14.5 Å². The molecule has 2 aromatic heterocycles. The third-order valence-corrected chi connectivity index (χ3v) is 4.87. The average molecular weight is 452 g/mol. The van der Waals surface area contributed by atoms with E-state index in [2.05, 4.69) is 31.2 Å². The van der Waals surface area contributed by atoms with E-state index in [1.807, 2.05) is 44.2 Å². The quantitative estimate of drug-likeness (QED) is 0.446. The van der Waals surface area contributed by atoms with Crippen LogP contribution in [0, 0.1) is 13.8 Å². The minimum atomic E-state index is -0.256. The van der Waals surface area contributed by atoms with Crippen molar-refractivity contribution >= 4 is 38.8 Å². The lowest BCUT2D eigenvalue weighted by Gasteiger charge is -2.12. The van der Waals surface area contributed by atoms with E-state index in [1.165, 1.54) is 0 Å². The second-order valence-electron chi connectivity index (χ2n) is 6.65. The molecular formula is C22H18BrN3O3. The fraction of sp³-hybridized carbons (Fsp3) is 0.136. The van der Waals surface area contributed by atoms with Crippen molar-refractivity contribution < 1.29 is 13.9 Å². The molecule has 6 nitrogen and oxygen atoms in total. The topological polar surface area (TPSA) is 77.2 Å². The molecule has 146 valence electrons. The number of nitrogens with zero attached hydrogens (tertiary/aromatic N) is 2. The summed E-state index contributed by atoms with van der Waals surface area (Å²) in [4.78, 5) is 20.9. The number of hydrogen-bond acceptors (Lipinski definition) is 5. The number of carbonyl (C=O) groups excluding carboxylic acids is 1. The van der Waals surface area contributed by atoms with Crippen molar-refractivity contribution in [3.8, 4) is 17.2 Å². The molecule has 0 aliphatic heterocycles. The molecule has 2 heterocycles. The number of oxazole rings is 1. The molecule has 1 N–H and O–H groups in total. The molecule has 0 radical (unpaired) electrons. The Morgan fingerprint density at radius 2 is 2.03 bits per heavy atom. The van der Waals surface area contributed by atoms with Gasteiger partial charge in [-0.05, 0) is 77.3 Å². The Labute approximate surface area is 176 Å². The van der Waals surface area contributed by atoms with Crippen LogP contribution in [0.4, 0.5) is 5.69 Å². The smallest absolute Gasteiger partial charge is 0.262 e. The minimum Gasteiger partial charge on any atom is -0.482 e. The zero-order valence-corrected chi connectivity index (χ0v) is 17.5. The van der Waals surface area contributed by atoms with Crippen LogP contribution in [0.5, 0.6) is 5.75 Å². The van der Waals surface area contributed by atoms with E-state index in [-0.39, 0.29) is 12.5 Å². The van der Waals surface area contributed by atoms with E-state index >= 15 is 0 Å².